The van der Waals surface area contributed by atoms with Crippen LogP contribution in [0.5, 0.6) is 0 Å². The second-order valence-corrected chi connectivity index (χ2v) is 6.51. The number of fused-ring (bicyclic) bond motifs is 1. The molecule has 0 bridgehead atoms. The lowest BCUT2D eigenvalue weighted by Crippen LogP contribution is -2.22. The van der Waals surface area contributed by atoms with E-state index in [2.05, 4.69) is 27.2 Å². The Morgan fingerprint density at radius 1 is 1.29 bits per heavy atom. The van der Waals surface area contributed by atoms with E-state index in [9.17, 15) is 4.79 Å². The monoisotopic (exact) mass is 319 g/mol. The average Bonchev–Trinajstić information content (AvgIpc) is 3.10. The molecule has 8 heteroatoms. The number of nitrogens with one attached hydrogen (secondary N) is 1. The highest BCUT2D eigenvalue weighted by atomic mass is 32.1. The molecule has 0 atom stereocenters. The fourth-order valence-corrected chi connectivity index (χ4v) is 3.58. The van der Waals surface area contributed by atoms with Crippen LogP contribution < -0.4 is 11.1 Å². The number of aryl methyl sites for hydroxylation is 1. The molecule has 3 heterocycles. The highest BCUT2D eigenvalue weighted by Crippen LogP contribution is 2.30. The minimum atomic E-state index is -0.217. The molecule has 108 valence electrons. The van der Waals surface area contributed by atoms with Gasteiger partial charge in [-0.3, -0.25) is 4.79 Å². The van der Waals surface area contributed by atoms with Gasteiger partial charge in [0.05, 0.1) is 12.2 Å². The van der Waals surface area contributed by atoms with E-state index in [-0.39, 0.29) is 5.91 Å². The Balaban J connectivity index is 1.76. The predicted molar refractivity (Wildman–Crippen MR) is 84.5 cm³/mol. The van der Waals surface area contributed by atoms with Crippen LogP contribution in [0.1, 0.15) is 26.5 Å². The number of aromatic nitrogens is 3. The van der Waals surface area contributed by atoms with Crippen LogP contribution in [0, 0.1) is 0 Å². The number of thiophene rings is 1. The quantitative estimate of drug-likeness (QED) is 0.769. The molecule has 0 radical (unpaired) electrons. The minimum Gasteiger partial charge on any atom is -0.396 e. The molecule has 0 aliphatic heterocycles. The number of nitrogens with two attached hydrogens (primary N) is 1. The molecule has 1 amide bonds. The zero-order valence-electron chi connectivity index (χ0n) is 11.3. The van der Waals surface area contributed by atoms with Crippen molar-refractivity contribution < 1.29 is 4.79 Å². The first kappa shape index (κ1) is 13.9. The van der Waals surface area contributed by atoms with Gasteiger partial charge < -0.3 is 11.1 Å². The first-order chi connectivity index (χ1) is 10.2. The molecule has 0 saturated heterocycles. The fourth-order valence-electron chi connectivity index (χ4n) is 1.84. The van der Waals surface area contributed by atoms with Gasteiger partial charge in [-0.2, -0.15) is 0 Å². The van der Waals surface area contributed by atoms with E-state index in [1.54, 1.807) is 23.7 Å². The van der Waals surface area contributed by atoms with Gasteiger partial charge in [-0.25, -0.2) is 15.0 Å². The van der Waals surface area contributed by atoms with Crippen molar-refractivity contribution in [3.05, 3.63) is 33.4 Å². The zero-order chi connectivity index (χ0) is 14.8. The molecule has 21 heavy (non-hydrogen) atoms. The molecule has 0 aliphatic carbocycles. The number of hydrogen-bond acceptors (Lipinski definition) is 7. The van der Waals surface area contributed by atoms with Crippen LogP contribution in [0.3, 0.4) is 0 Å². The van der Waals surface area contributed by atoms with Crippen molar-refractivity contribution in [2.75, 3.05) is 5.73 Å². The Labute approximate surface area is 129 Å². The third kappa shape index (κ3) is 2.72. The smallest absolute Gasteiger partial charge is 0.263 e. The van der Waals surface area contributed by atoms with E-state index in [1.165, 1.54) is 16.2 Å². The second kappa shape index (κ2) is 5.74. The molecule has 6 nitrogen and oxygen atoms in total. The Morgan fingerprint density at radius 3 is 2.81 bits per heavy atom. The number of carbonyl (C=O) groups is 1. The number of thiazole rings is 1. The van der Waals surface area contributed by atoms with Gasteiger partial charge >= 0.3 is 0 Å². The number of nitrogen functional groups attached to an aromatic ring is 1. The maximum absolute atomic E-state index is 12.2. The molecule has 3 N–H and O–H groups in total. The number of nitrogens with zero attached hydrogens (tertiary/aromatic N) is 3. The lowest BCUT2D eigenvalue weighted by atomic mass is 10.3. The average molecular weight is 319 g/mol. The molecule has 3 aromatic heterocycles. The molecule has 3 rings (SSSR count). The molecule has 0 fully saturated rings. The molecule has 0 aliphatic rings. The van der Waals surface area contributed by atoms with E-state index in [4.69, 9.17) is 5.73 Å². The first-order valence-electron chi connectivity index (χ1n) is 6.39. The Kier molecular flexibility index (Phi) is 3.80. The van der Waals surface area contributed by atoms with Crippen molar-refractivity contribution >= 4 is 44.6 Å². The minimum absolute atomic E-state index is 0.217. The van der Waals surface area contributed by atoms with Gasteiger partial charge in [0.1, 0.15) is 20.2 Å². The van der Waals surface area contributed by atoms with Gasteiger partial charge in [0.2, 0.25) is 0 Å². The van der Waals surface area contributed by atoms with Crippen LogP contribution in [-0.2, 0) is 13.0 Å². The standard InChI is InChI=1S/C13H13N5OS2/c1-2-7-5-17-8(20-7)6-18-12(19)11-9(14)10-13(21-11)16-4-3-15-10/h3-5H,2,6,14H2,1H3,(H,18,19). The Hall–Kier alpha value is -2.06. The van der Waals surface area contributed by atoms with Gasteiger partial charge in [-0.15, -0.1) is 22.7 Å². The summed E-state index contributed by atoms with van der Waals surface area (Å²) in [6.07, 6.45) is 5.94. The van der Waals surface area contributed by atoms with Gasteiger partial charge in [0, 0.05) is 23.5 Å². The SMILES string of the molecule is CCc1cnc(CNC(=O)c2sc3nccnc3c2N)s1. The molecule has 0 spiro atoms. The van der Waals surface area contributed by atoms with Crippen molar-refractivity contribution in [2.45, 2.75) is 19.9 Å². The summed E-state index contributed by atoms with van der Waals surface area (Å²) in [6.45, 7) is 2.48. The van der Waals surface area contributed by atoms with Crippen LogP contribution in [-0.4, -0.2) is 20.9 Å². The molecular weight excluding hydrogens is 306 g/mol. The molecular formula is C13H13N5OS2. The van der Waals surface area contributed by atoms with Crippen LogP contribution in [0.25, 0.3) is 10.3 Å². The van der Waals surface area contributed by atoms with E-state index in [1.807, 2.05) is 6.20 Å². The van der Waals surface area contributed by atoms with Crippen molar-refractivity contribution in [3.63, 3.8) is 0 Å². The number of carbonyl (C=O) groups excluding carboxylic acids is 1. The summed E-state index contributed by atoms with van der Waals surface area (Å²) in [6, 6.07) is 0. The molecule has 0 unspecified atom stereocenters. The lowest BCUT2D eigenvalue weighted by Gasteiger charge is -2.01. The maximum atomic E-state index is 12.2. The normalized spacial score (nSPS) is 10.9. The second-order valence-electron chi connectivity index (χ2n) is 4.31. The molecule has 3 aromatic rings. The zero-order valence-corrected chi connectivity index (χ0v) is 12.9. The van der Waals surface area contributed by atoms with Gasteiger partial charge in [0.25, 0.3) is 5.91 Å². The largest absolute Gasteiger partial charge is 0.396 e. The third-order valence-corrected chi connectivity index (χ3v) is 5.16. The summed E-state index contributed by atoms with van der Waals surface area (Å²) in [5.74, 6) is -0.217. The van der Waals surface area contributed by atoms with Gasteiger partial charge in [-0.05, 0) is 6.42 Å². The summed E-state index contributed by atoms with van der Waals surface area (Å²) in [5.41, 5.74) is 6.93. The summed E-state index contributed by atoms with van der Waals surface area (Å²) in [5, 5.41) is 3.72. The van der Waals surface area contributed by atoms with E-state index in [0.717, 1.165) is 11.4 Å². The van der Waals surface area contributed by atoms with Crippen LogP contribution >= 0.6 is 22.7 Å². The summed E-state index contributed by atoms with van der Waals surface area (Å²) in [4.78, 5) is 27.1. The number of amides is 1. The highest BCUT2D eigenvalue weighted by molar-refractivity contribution is 7.21. The topological polar surface area (TPSA) is 93.8 Å². The van der Waals surface area contributed by atoms with Crippen molar-refractivity contribution in [1.82, 2.24) is 20.3 Å². The number of rotatable bonds is 4. The Morgan fingerprint density at radius 2 is 2.10 bits per heavy atom. The summed E-state index contributed by atoms with van der Waals surface area (Å²) < 4.78 is 0. The summed E-state index contributed by atoms with van der Waals surface area (Å²) >= 11 is 2.85. The van der Waals surface area contributed by atoms with Crippen molar-refractivity contribution in [2.24, 2.45) is 0 Å². The molecule has 0 aromatic carbocycles. The fraction of sp³-hybridized carbons (Fsp3) is 0.231. The summed E-state index contributed by atoms with van der Waals surface area (Å²) in [7, 11) is 0. The van der Waals surface area contributed by atoms with Gasteiger partial charge in [0.15, 0.2) is 0 Å². The molecule has 0 saturated carbocycles. The third-order valence-electron chi connectivity index (χ3n) is 2.92. The highest BCUT2D eigenvalue weighted by Gasteiger charge is 2.17. The van der Waals surface area contributed by atoms with Crippen LogP contribution in [0.4, 0.5) is 5.69 Å². The maximum Gasteiger partial charge on any atom is 0.263 e. The van der Waals surface area contributed by atoms with E-state index in [0.29, 0.717) is 27.5 Å². The van der Waals surface area contributed by atoms with Crippen molar-refractivity contribution in [3.8, 4) is 0 Å². The first-order valence-corrected chi connectivity index (χ1v) is 8.03. The Bertz CT molecular complexity index is 795. The number of hydrogen-bond donors (Lipinski definition) is 2. The van der Waals surface area contributed by atoms with Crippen molar-refractivity contribution in [1.29, 1.82) is 0 Å². The number of anilines is 1. The van der Waals surface area contributed by atoms with Crippen LogP contribution in [0.15, 0.2) is 18.6 Å². The predicted octanol–water partition coefficient (Wildman–Crippen LogP) is 2.22. The van der Waals surface area contributed by atoms with E-state index >= 15 is 0 Å². The van der Waals surface area contributed by atoms with Gasteiger partial charge in [-0.1, -0.05) is 6.92 Å². The van der Waals surface area contributed by atoms with Crippen LogP contribution in [0.2, 0.25) is 0 Å². The van der Waals surface area contributed by atoms with E-state index < -0.39 is 0 Å². The lowest BCUT2D eigenvalue weighted by molar-refractivity contribution is 0.0956.